The summed E-state index contributed by atoms with van der Waals surface area (Å²) < 4.78 is 18.3. The van der Waals surface area contributed by atoms with Gasteiger partial charge < -0.3 is 19.5 Å². The molecule has 0 unspecified atom stereocenters. The van der Waals surface area contributed by atoms with Crippen molar-refractivity contribution in [2.45, 2.75) is 82.1 Å². The molecular formula is C24H35N3O4. The van der Waals surface area contributed by atoms with E-state index in [0.717, 1.165) is 63.9 Å². The van der Waals surface area contributed by atoms with Gasteiger partial charge in [0.15, 0.2) is 0 Å². The number of carbonyl (C=O) groups is 1. The maximum absolute atomic E-state index is 12.7. The van der Waals surface area contributed by atoms with Gasteiger partial charge in [-0.25, -0.2) is 4.98 Å². The van der Waals surface area contributed by atoms with Gasteiger partial charge in [0.1, 0.15) is 12.7 Å². The van der Waals surface area contributed by atoms with Crippen molar-refractivity contribution in [3.05, 3.63) is 23.4 Å². The largest absolute Gasteiger partial charge is 0.476 e. The summed E-state index contributed by atoms with van der Waals surface area (Å²) in [5.74, 6) is 1.35. The highest BCUT2D eigenvalue weighted by Crippen LogP contribution is 2.39. The van der Waals surface area contributed by atoms with Gasteiger partial charge in [-0.3, -0.25) is 9.69 Å². The van der Waals surface area contributed by atoms with Gasteiger partial charge in [0.2, 0.25) is 11.8 Å². The number of carbonyl (C=O) groups excluding carboxylic acids is 1. The monoisotopic (exact) mass is 429 g/mol. The molecule has 4 aliphatic heterocycles. The maximum Gasteiger partial charge on any atom is 0.249 e. The molecule has 0 aromatic carbocycles. The molecule has 1 aromatic heterocycles. The Balaban J connectivity index is 1.31. The lowest BCUT2D eigenvalue weighted by Gasteiger charge is -2.32. The molecule has 1 saturated carbocycles. The van der Waals surface area contributed by atoms with Crippen LogP contribution in [0.5, 0.6) is 5.88 Å². The summed E-state index contributed by atoms with van der Waals surface area (Å²) in [5, 5.41) is 3.27. The Bertz CT molecular complexity index is 774. The second-order valence-electron chi connectivity index (χ2n) is 9.51. The van der Waals surface area contributed by atoms with E-state index in [1.54, 1.807) is 0 Å². The predicted molar refractivity (Wildman–Crippen MR) is 116 cm³/mol. The average Bonchev–Trinajstić information content (AvgIpc) is 3.43. The average molecular weight is 430 g/mol. The normalized spacial score (nSPS) is 34.0. The fourth-order valence-electron chi connectivity index (χ4n) is 5.81. The smallest absolute Gasteiger partial charge is 0.249 e. The van der Waals surface area contributed by atoms with E-state index in [1.165, 1.54) is 11.1 Å². The van der Waals surface area contributed by atoms with Gasteiger partial charge >= 0.3 is 0 Å². The van der Waals surface area contributed by atoms with Gasteiger partial charge in [-0.15, -0.1) is 0 Å². The van der Waals surface area contributed by atoms with Crippen molar-refractivity contribution in [2.24, 2.45) is 0 Å². The van der Waals surface area contributed by atoms with Gasteiger partial charge in [0.05, 0.1) is 18.8 Å². The van der Waals surface area contributed by atoms with Crippen molar-refractivity contribution in [2.75, 3.05) is 32.9 Å². The molecule has 5 aliphatic rings. The van der Waals surface area contributed by atoms with E-state index < -0.39 is 0 Å². The molecule has 0 radical (unpaired) electrons. The van der Waals surface area contributed by atoms with Gasteiger partial charge in [0.25, 0.3) is 0 Å². The van der Waals surface area contributed by atoms with Crippen LogP contribution in [0.2, 0.25) is 0 Å². The molecular weight excluding hydrogens is 394 g/mol. The molecule has 7 nitrogen and oxygen atoms in total. The number of amides is 1. The first-order valence-corrected chi connectivity index (χ1v) is 12.0. The Kier molecular flexibility index (Phi) is 6.44. The van der Waals surface area contributed by atoms with Crippen molar-refractivity contribution in [1.29, 1.82) is 0 Å². The number of hydrogen-bond donors (Lipinski definition) is 1. The predicted octanol–water partition coefficient (Wildman–Crippen LogP) is 2.56. The van der Waals surface area contributed by atoms with E-state index in [-0.39, 0.29) is 24.1 Å². The van der Waals surface area contributed by atoms with E-state index in [0.29, 0.717) is 31.8 Å². The molecule has 1 aromatic rings. The molecule has 3 atom stereocenters. The van der Waals surface area contributed by atoms with Crippen LogP contribution < -0.4 is 10.1 Å². The number of rotatable bonds is 2. The lowest BCUT2D eigenvalue weighted by Crippen LogP contribution is -2.50. The molecule has 1 N–H and O–H groups in total. The van der Waals surface area contributed by atoms with E-state index in [2.05, 4.69) is 28.2 Å². The molecule has 6 rings (SSSR count). The second-order valence-corrected chi connectivity index (χ2v) is 9.51. The maximum atomic E-state index is 12.7. The molecule has 0 spiro atoms. The minimum atomic E-state index is -0.283. The van der Waals surface area contributed by atoms with Crippen LogP contribution >= 0.6 is 0 Å². The minimum Gasteiger partial charge on any atom is -0.476 e. The van der Waals surface area contributed by atoms with E-state index >= 15 is 0 Å². The topological polar surface area (TPSA) is 72.9 Å². The molecule has 2 bridgehead atoms. The van der Waals surface area contributed by atoms with Crippen molar-refractivity contribution in [3.8, 4) is 5.88 Å². The summed E-state index contributed by atoms with van der Waals surface area (Å²) in [6.45, 7) is 5.87. The van der Waals surface area contributed by atoms with Crippen LogP contribution in [0.4, 0.5) is 0 Å². The molecule has 7 heteroatoms. The summed E-state index contributed by atoms with van der Waals surface area (Å²) in [6.07, 6.45) is 8.97. The Hall–Kier alpha value is -1.70. The van der Waals surface area contributed by atoms with Gasteiger partial charge in [-0.1, -0.05) is 0 Å². The zero-order chi connectivity index (χ0) is 21.2. The molecule has 1 aliphatic carbocycles. The zero-order valence-corrected chi connectivity index (χ0v) is 18.6. The second kappa shape index (κ2) is 9.43. The highest BCUT2D eigenvalue weighted by molar-refractivity contribution is 5.81. The van der Waals surface area contributed by atoms with Crippen molar-refractivity contribution in [1.82, 2.24) is 15.2 Å². The highest BCUT2D eigenvalue weighted by Gasteiger charge is 2.38. The number of aromatic nitrogens is 1. The van der Waals surface area contributed by atoms with Crippen LogP contribution in [0.1, 0.15) is 62.0 Å². The van der Waals surface area contributed by atoms with Gasteiger partial charge in [-0.05, 0) is 69.4 Å². The third-order valence-electron chi connectivity index (χ3n) is 7.58. The number of pyridine rings is 1. The summed E-state index contributed by atoms with van der Waals surface area (Å²) in [7, 11) is 0. The summed E-state index contributed by atoms with van der Waals surface area (Å²) in [6, 6.07) is 2.38. The van der Waals surface area contributed by atoms with Crippen molar-refractivity contribution < 1.29 is 19.0 Å². The Morgan fingerprint density at radius 3 is 2.77 bits per heavy atom. The fourth-order valence-corrected chi connectivity index (χ4v) is 5.81. The fraction of sp³-hybridized carbons (Fsp3) is 0.750. The molecule has 31 heavy (non-hydrogen) atoms. The minimum absolute atomic E-state index is 0.0395. The molecule has 170 valence electrons. The third-order valence-corrected chi connectivity index (χ3v) is 7.58. The van der Waals surface area contributed by atoms with Crippen LogP contribution in [-0.4, -0.2) is 73.0 Å². The van der Waals surface area contributed by atoms with Gasteiger partial charge in [0, 0.05) is 37.5 Å². The molecule has 5 heterocycles. The number of fused-ring (bicyclic) bond motifs is 5. The van der Waals surface area contributed by atoms with Crippen LogP contribution in [-0.2, 0) is 14.3 Å². The first kappa shape index (κ1) is 21.2. The lowest BCUT2D eigenvalue weighted by molar-refractivity contribution is -0.131. The number of hydrogen-bond acceptors (Lipinski definition) is 6. The quantitative estimate of drug-likeness (QED) is 0.779. The third kappa shape index (κ3) is 4.59. The SMILES string of the molecule is Cc1ccnc2c1C1CCC(CC1)OC[C@H]1[C@@H](NC(=O)[C@@H]3CCCO3)CCN1CCO2. The summed E-state index contributed by atoms with van der Waals surface area (Å²) >= 11 is 0. The number of ether oxygens (including phenoxy) is 3. The van der Waals surface area contributed by atoms with Gasteiger partial charge in [-0.2, -0.15) is 0 Å². The van der Waals surface area contributed by atoms with Crippen LogP contribution in [0, 0.1) is 6.92 Å². The van der Waals surface area contributed by atoms with Crippen molar-refractivity contribution in [3.63, 3.8) is 0 Å². The Morgan fingerprint density at radius 2 is 1.97 bits per heavy atom. The molecule has 2 saturated heterocycles. The van der Waals surface area contributed by atoms with Crippen molar-refractivity contribution >= 4 is 5.91 Å². The van der Waals surface area contributed by atoms with Crippen LogP contribution in [0.3, 0.4) is 0 Å². The first-order chi connectivity index (χ1) is 15.2. The zero-order valence-electron chi connectivity index (χ0n) is 18.6. The first-order valence-electron chi connectivity index (χ1n) is 12.0. The highest BCUT2D eigenvalue weighted by atomic mass is 16.5. The lowest BCUT2D eigenvalue weighted by atomic mass is 9.81. The Morgan fingerprint density at radius 1 is 1.10 bits per heavy atom. The van der Waals surface area contributed by atoms with E-state index in [1.807, 2.05) is 6.20 Å². The summed E-state index contributed by atoms with van der Waals surface area (Å²) in [5.41, 5.74) is 2.57. The van der Waals surface area contributed by atoms with Crippen LogP contribution in [0.25, 0.3) is 0 Å². The Labute approximate surface area is 184 Å². The van der Waals surface area contributed by atoms with E-state index in [4.69, 9.17) is 14.2 Å². The molecule has 1 amide bonds. The molecule has 3 fully saturated rings. The summed E-state index contributed by atoms with van der Waals surface area (Å²) in [4.78, 5) is 19.7. The van der Waals surface area contributed by atoms with Crippen LogP contribution in [0.15, 0.2) is 12.3 Å². The number of nitrogens with one attached hydrogen (secondary N) is 1. The number of aryl methyl sites for hydroxylation is 1. The number of nitrogens with zero attached hydrogens (tertiary/aromatic N) is 2. The van der Waals surface area contributed by atoms with E-state index in [9.17, 15) is 4.79 Å². The standard InChI is InChI=1S/C24H35N3O4/c1-16-8-10-25-24-22(16)17-4-6-18(7-5-17)31-15-20-19(9-11-27(20)12-14-30-24)26-23(28)21-3-2-13-29-21/h8,10,17-21H,2-7,9,11-15H2,1H3,(H,26,28)/t17?,18?,19-,20-,21-/m0/s1.